The molecule has 0 radical (unpaired) electrons. The molecule has 0 saturated carbocycles. The molecule has 1 saturated heterocycles. The number of hydrogen-bond donors (Lipinski definition) is 0. The van der Waals surface area contributed by atoms with Gasteiger partial charge in [0.1, 0.15) is 5.75 Å². The lowest BCUT2D eigenvalue weighted by molar-refractivity contribution is -0.134. The Bertz CT molecular complexity index is 709. The number of benzene rings is 1. The lowest BCUT2D eigenvalue weighted by atomic mass is 10.3. The number of para-hydroxylation sites is 1. The van der Waals surface area contributed by atoms with Gasteiger partial charge in [-0.25, -0.2) is 0 Å². The van der Waals surface area contributed by atoms with Crippen molar-refractivity contribution >= 4 is 34.4 Å². The molecule has 0 spiro atoms. The molecule has 1 aliphatic heterocycles. The van der Waals surface area contributed by atoms with E-state index >= 15 is 0 Å². The molecule has 1 aliphatic rings. The molecule has 7 heteroatoms. The Kier molecular flexibility index (Phi) is 5.39. The molecule has 6 nitrogen and oxygen atoms in total. The molecular weight excluding hydrogens is 423 g/mol. The molecule has 0 aliphatic carbocycles. The normalized spacial score (nSPS) is 14.5. The van der Waals surface area contributed by atoms with Crippen molar-refractivity contribution in [3.8, 4) is 5.75 Å². The molecule has 2 amide bonds. The lowest BCUT2D eigenvalue weighted by Gasteiger charge is -2.34. The third-order valence-electron chi connectivity index (χ3n) is 3.84. The van der Waals surface area contributed by atoms with Crippen LogP contribution < -0.4 is 4.74 Å². The zero-order chi connectivity index (χ0) is 16.9. The summed E-state index contributed by atoms with van der Waals surface area (Å²) in [6.45, 7) is 2.00. The Hall–Kier alpha value is -2.03. The maximum Gasteiger partial charge on any atom is 0.289 e. The van der Waals surface area contributed by atoms with Gasteiger partial charge in [0.05, 0.1) is 9.83 Å². The van der Waals surface area contributed by atoms with E-state index in [4.69, 9.17) is 9.15 Å². The molecule has 0 N–H and O–H groups in total. The average molecular weight is 440 g/mol. The second-order valence-corrected chi connectivity index (χ2v) is 6.53. The number of carbonyl (C=O) groups is 2. The molecule has 2 heterocycles. The first-order valence-corrected chi connectivity index (χ1v) is 8.71. The minimum absolute atomic E-state index is 0.00610. The van der Waals surface area contributed by atoms with E-state index in [9.17, 15) is 9.59 Å². The summed E-state index contributed by atoms with van der Waals surface area (Å²) in [5.74, 6) is 0.830. The van der Waals surface area contributed by atoms with Gasteiger partial charge < -0.3 is 19.0 Å². The summed E-state index contributed by atoms with van der Waals surface area (Å²) < 4.78 is 11.7. The number of carbonyl (C=O) groups excluding carboxylic acids is 2. The fourth-order valence-electron chi connectivity index (χ4n) is 2.51. The largest absolute Gasteiger partial charge is 0.483 e. The maximum absolute atomic E-state index is 12.3. The van der Waals surface area contributed by atoms with Crippen molar-refractivity contribution < 1.29 is 18.7 Å². The molecule has 0 unspecified atom stereocenters. The highest BCUT2D eigenvalue weighted by atomic mass is 127. The molecule has 1 aromatic carbocycles. The van der Waals surface area contributed by atoms with Gasteiger partial charge in [-0.3, -0.25) is 9.59 Å². The Labute approximate surface area is 153 Å². The second kappa shape index (κ2) is 7.69. The standard InChI is InChI=1S/C17H17IN2O4/c18-13-4-1-2-5-14(13)24-12-16(21)19-7-9-20(10-8-19)17(22)15-6-3-11-23-15/h1-6,11H,7-10,12H2. The lowest BCUT2D eigenvalue weighted by Crippen LogP contribution is -2.51. The predicted octanol–water partition coefficient (Wildman–Crippen LogP) is 2.25. The highest BCUT2D eigenvalue weighted by Crippen LogP contribution is 2.19. The van der Waals surface area contributed by atoms with Gasteiger partial charge in [0.25, 0.3) is 11.8 Å². The van der Waals surface area contributed by atoms with E-state index in [-0.39, 0.29) is 18.4 Å². The zero-order valence-electron chi connectivity index (χ0n) is 13.0. The van der Waals surface area contributed by atoms with Crippen LogP contribution in [0, 0.1) is 3.57 Å². The smallest absolute Gasteiger partial charge is 0.289 e. The third-order valence-corrected chi connectivity index (χ3v) is 4.73. The summed E-state index contributed by atoms with van der Waals surface area (Å²) in [4.78, 5) is 27.9. The van der Waals surface area contributed by atoms with Crippen LogP contribution in [0.2, 0.25) is 0 Å². The van der Waals surface area contributed by atoms with E-state index < -0.39 is 0 Å². The topological polar surface area (TPSA) is 63.0 Å². The number of halogens is 1. The summed E-state index contributed by atoms with van der Waals surface area (Å²) in [6.07, 6.45) is 1.48. The minimum Gasteiger partial charge on any atom is -0.483 e. The van der Waals surface area contributed by atoms with Gasteiger partial charge in [-0.2, -0.15) is 0 Å². The van der Waals surface area contributed by atoms with Crippen LogP contribution in [0.1, 0.15) is 10.6 Å². The van der Waals surface area contributed by atoms with E-state index in [2.05, 4.69) is 22.6 Å². The van der Waals surface area contributed by atoms with Crippen molar-refractivity contribution in [3.63, 3.8) is 0 Å². The third kappa shape index (κ3) is 3.89. The molecule has 126 valence electrons. The quantitative estimate of drug-likeness (QED) is 0.685. The zero-order valence-corrected chi connectivity index (χ0v) is 15.1. The molecule has 24 heavy (non-hydrogen) atoms. The van der Waals surface area contributed by atoms with Crippen molar-refractivity contribution in [2.45, 2.75) is 0 Å². The van der Waals surface area contributed by atoms with Crippen molar-refractivity contribution in [1.29, 1.82) is 0 Å². The number of amides is 2. The van der Waals surface area contributed by atoms with Crippen LogP contribution in [0.4, 0.5) is 0 Å². The monoisotopic (exact) mass is 440 g/mol. The Morgan fingerprint density at radius 1 is 1.04 bits per heavy atom. The molecule has 3 rings (SSSR count). The van der Waals surface area contributed by atoms with Gasteiger partial charge in [0.2, 0.25) is 0 Å². The van der Waals surface area contributed by atoms with Gasteiger partial charge in [0, 0.05) is 26.2 Å². The fraction of sp³-hybridized carbons (Fsp3) is 0.294. The van der Waals surface area contributed by atoms with Crippen molar-refractivity contribution in [1.82, 2.24) is 9.80 Å². The Morgan fingerprint density at radius 2 is 1.75 bits per heavy atom. The van der Waals surface area contributed by atoms with Crippen molar-refractivity contribution in [3.05, 3.63) is 52.0 Å². The second-order valence-electron chi connectivity index (χ2n) is 5.37. The maximum atomic E-state index is 12.3. The molecule has 0 atom stereocenters. The van der Waals surface area contributed by atoms with Gasteiger partial charge in [-0.1, -0.05) is 12.1 Å². The minimum atomic E-state index is -0.137. The fourth-order valence-corrected chi connectivity index (χ4v) is 3.05. The molecule has 1 fully saturated rings. The molecule has 1 aromatic heterocycles. The van der Waals surface area contributed by atoms with E-state index in [1.165, 1.54) is 6.26 Å². The summed E-state index contributed by atoms with van der Waals surface area (Å²) in [7, 11) is 0. The molecular formula is C17H17IN2O4. The van der Waals surface area contributed by atoms with Crippen molar-refractivity contribution in [2.75, 3.05) is 32.8 Å². The van der Waals surface area contributed by atoms with Crippen LogP contribution in [0.25, 0.3) is 0 Å². The van der Waals surface area contributed by atoms with Gasteiger partial charge >= 0.3 is 0 Å². The van der Waals surface area contributed by atoms with Crippen molar-refractivity contribution in [2.24, 2.45) is 0 Å². The predicted molar refractivity (Wildman–Crippen MR) is 95.8 cm³/mol. The molecule has 2 aromatic rings. The number of piperazine rings is 1. The summed E-state index contributed by atoms with van der Waals surface area (Å²) in [5.41, 5.74) is 0. The first-order valence-electron chi connectivity index (χ1n) is 7.63. The Balaban J connectivity index is 1.48. The van der Waals surface area contributed by atoms with Crippen LogP contribution in [0.3, 0.4) is 0 Å². The van der Waals surface area contributed by atoms with Crippen LogP contribution >= 0.6 is 22.6 Å². The summed E-state index contributed by atoms with van der Waals surface area (Å²) in [5, 5.41) is 0. The van der Waals surface area contributed by atoms with Gasteiger partial charge in [-0.05, 0) is 46.9 Å². The average Bonchev–Trinajstić information content (AvgIpc) is 3.15. The number of rotatable bonds is 4. The summed E-state index contributed by atoms with van der Waals surface area (Å²) in [6, 6.07) is 10.9. The van der Waals surface area contributed by atoms with Crippen LogP contribution in [-0.2, 0) is 4.79 Å². The number of nitrogens with zero attached hydrogens (tertiary/aromatic N) is 2. The number of hydrogen-bond acceptors (Lipinski definition) is 4. The SMILES string of the molecule is O=C(COc1ccccc1I)N1CCN(C(=O)c2ccco2)CC1. The highest BCUT2D eigenvalue weighted by molar-refractivity contribution is 14.1. The number of furan rings is 1. The van der Waals surface area contributed by atoms with E-state index in [0.29, 0.717) is 37.7 Å². The van der Waals surface area contributed by atoms with Crippen LogP contribution in [0.15, 0.2) is 47.1 Å². The summed E-state index contributed by atoms with van der Waals surface area (Å²) >= 11 is 2.17. The first kappa shape index (κ1) is 16.8. The number of ether oxygens (including phenoxy) is 1. The highest BCUT2D eigenvalue weighted by Gasteiger charge is 2.26. The first-order chi connectivity index (χ1) is 11.6. The van der Waals surface area contributed by atoms with Gasteiger partial charge in [-0.15, -0.1) is 0 Å². The van der Waals surface area contributed by atoms with Gasteiger partial charge in [0.15, 0.2) is 12.4 Å². The molecule has 0 bridgehead atoms. The Morgan fingerprint density at radius 3 is 2.42 bits per heavy atom. The van der Waals surface area contributed by atoms with E-state index in [1.54, 1.807) is 21.9 Å². The van der Waals surface area contributed by atoms with Crippen LogP contribution in [0.5, 0.6) is 5.75 Å². The van der Waals surface area contributed by atoms with E-state index in [0.717, 1.165) is 3.57 Å². The van der Waals surface area contributed by atoms with Crippen LogP contribution in [-0.4, -0.2) is 54.4 Å². The van der Waals surface area contributed by atoms with E-state index in [1.807, 2.05) is 24.3 Å².